The molecule has 1 fully saturated rings. The Bertz CT molecular complexity index is 2100. The van der Waals surface area contributed by atoms with Crippen LogP contribution >= 0.6 is 0 Å². The molecule has 1 saturated carbocycles. The molecule has 1 amide bonds. The number of nitrogens with one attached hydrogen (secondary N) is 1. The predicted molar refractivity (Wildman–Crippen MR) is 194 cm³/mol. The van der Waals surface area contributed by atoms with E-state index in [4.69, 9.17) is 0 Å². The zero-order chi connectivity index (χ0) is 35.1. The molecule has 0 saturated heterocycles. The molecule has 1 aliphatic rings. The average Bonchev–Trinajstić information content (AvgIpc) is 3.54. The topological polar surface area (TPSA) is 127 Å². The molecule has 3 aromatic heterocycles. The summed E-state index contributed by atoms with van der Waals surface area (Å²) in [5, 5.41) is 3.78. The van der Waals surface area contributed by atoms with Gasteiger partial charge in [-0.15, -0.1) is 0 Å². The number of hydrogen-bond acceptors (Lipinski definition) is 8. The van der Waals surface area contributed by atoms with Crippen LogP contribution in [0.3, 0.4) is 0 Å². The lowest BCUT2D eigenvalue weighted by Crippen LogP contribution is -2.37. The van der Waals surface area contributed by atoms with E-state index in [1.807, 2.05) is 55.4 Å². The van der Waals surface area contributed by atoms with Crippen molar-refractivity contribution in [2.45, 2.75) is 55.9 Å². The number of carbonyl (C=O) groups is 2. The van der Waals surface area contributed by atoms with Gasteiger partial charge in [0.15, 0.2) is 5.65 Å². The molecule has 0 unspecified atom stereocenters. The van der Waals surface area contributed by atoms with Crippen LogP contribution in [0, 0.1) is 5.92 Å². The van der Waals surface area contributed by atoms with E-state index >= 15 is 0 Å². The van der Waals surface area contributed by atoms with Crippen molar-refractivity contribution in [3.63, 3.8) is 0 Å². The number of pyridine rings is 1. The zero-order valence-electron chi connectivity index (χ0n) is 28.4. The Morgan fingerprint density at radius 1 is 0.920 bits per heavy atom. The van der Waals surface area contributed by atoms with Crippen molar-refractivity contribution in [2.24, 2.45) is 5.92 Å². The van der Waals surface area contributed by atoms with Crippen LogP contribution in [0.15, 0.2) is 109 Å². The van der Waals surface area contributed by atoms with Crippen molar-refractivity contribution >= 4 is 32.7 Å². The summed E-state index contributed by atoms with van der Waals surface area (Å²) in [6.45, 7) is 0.729. The molecule has 258 valence electrons. The molecule has 11 heteroatoms. The molecule has 10 nitrogen and oxygen atoms in total. The van der Waals surface area contributed by atoms with Crippen LogP contribution < -0.4 is 5.32 Å². The van der Waals surface area contributed by atoms with Crippen LogP contribution in [0.4, 0.5) is 0 Å². The molecule has 2 aromatic carbocycles. The quantitative estimate of drug-likeness (QED) is 0.158. The molecule has 6 rings (SSSR count). The van der Waals surface area contributed by atoms with E-state index < -0.39 is 10.0 Å². The molecular weight excluding hydrogens is 649 g/mol. The van der Waals surface area contributed by atoms with Gasteiger partial charge in [-0.05, 0) is 87.2 Å². The Morgan fingerprint density at radius 3 is 2.48 bits per heavy atom. The molecule has 0 radical (unpaired) electrons. The molecule has 0 atom stereocenters. The SMILES string of the molecule is CN(C)C/C=C/C(=O)NC1CCC(CC(=O)Cc2cccc(Cc3cc(-c4cnc5c(ccn5S(=O)(=O)c5ccccc5)c4)ncn3)c2)CC1. The fraction of sp³-hybridized carbons (Fsp3) is 0.308. The monoisotopic (exact) mass is 690 g/mol. The summed E-state index contributed by atoms with van der Waals surface area (Å²) in [6, 6.07) is 22.1. The normalized spacial score (nSPS) is 16.6. The number of benzene rings is 2. The number of carbonyl (C=O) groups excluding carboxylic acids is 2. The van der Waals surface area contributed by atoms with Gasteiger partial charge in [-0.25, -0.2) is 27.3 Å². The molecule has 5 aromatic rings. The van der Waals surface area contributed by atoms with Gasteiger partial charge in [0, 0.05) is 67.0 Å². The van der Waals surface area contributed by atoms with Crippen LogP contribution in [-0.4, -0.2) is 70.6 Å². The Morgan fingerprint density at radius 2 is 1.70 bits per heavy atom. The minimum absolute atomic E-state index is 0.0483. The lowest BCUT2D eigenvalue weighted by atomic mass is 9.82. The van der Waals surface area contributed by atoms with Gasteiger partial charge >= 0.3 is 0 Å². The first-order valence-corrected chi connectivity index (χ1v) is 18.4. The van der Waals surface area contributed by atoms with E-state index in [1.165, 1.54) is 16.5 Å². The Hall–Kier alpha value is -5.00. The summed E-state index contributed by atoms with van der Waals surface area (Å²) in [6.07, 6.45) is 13.3. The van der Waals surface area contributed by atoms with Crippen molar-refractivity contribution < 1.29 is 18.0 Å². The second-order valence-electron chi connectivity index (χ2n) is 13.3. The van der Waals surface area contributed by atoms with E-state index in [0.717, 1.165) is 54.6 Å². The van der Waals surface area contributed by atoms with E-state index in [9.17, 15) is 18.0 Å². The smallest absolute Gasteiger partial charge is 0.269 e. The number of amides is 1. The van der Waals surface area contributed by atoms with Crippen LogP contribution in [0.5, 0.6) is 0 Å². The first kappa shape index (κ1) is 34.8. The van der Waals surface area contributed by atoms with Gasteiger partial charge in [0.1, 0.15) is 12.1 Å². The maximum absolute atomic E-state index is 13.2. The summed E-state index contributed by atoms with van der Waals surface area (Å²) in [4.78, 5) is 40.9. The molecule has 3 heterocycles. The van der Waals surface area contributed by atoms with Crippen LogP contribution in [0.1, 0.15) is 48.9 Å². The molecule has 50 heavy (non-hydrogen) atoms. The number of likely N-dealkylation sites (N-methyl/N-ethyl adjacent to an activating group) is 1. The summed E-state index contributed by atoms with van der Waals surface area (Å²) in [5.41, 5.74) is 4.64. The highest BCUT2D eigenvalue weighted by Gasteiger charge is 2.24. The average molecular weight is 691 g/mol. The lowest BCUT2D eigenvalue weighted by Gasteiger charge is -2.28. The van der Waals surface area contributed by atoms with Gasteiger partial charge in [-0.2, -0.15) is 0 Å². The maximum Gasteiger partial charge on any atom is 0.269 e. The van der Waals surface area contributed by atoms with E-state index in [2.05, 4.69) is 26.3 Å². The third-order valence-corrected chi connectivity index (χ3v) is 10.7. The van der Waals surface area contributed by atoms with Gasteiger partial charge in [-0.3, -0.25) is 9.59 Å². The molecule has 0 spiro atoms. The van der Waals surface area contributed by atoms with Crippen LogP contribution in [-0.2, 0) is 32.5 Å². The zero-order valence-corrected chi connectivity index (χ0v) is 29.2. The predicted octanol–water partition coefficient (Wildman–Crippen LogP) is 5.62. The number of hydrogen-bond donors (Lipinski definition) is 1. The van der Waals surface area contributed by atoms with Crippen molar-refractivity contribution in [1.82, 2.24) is 29.1 Å². The van der Waals surface area contributed by atoms with Crippen molar-refractivity contribution in [2.75, 3.05) is 20.6 Å². The Kier molecular flexibility index (Phi) is 10.9. The number of nitrogens with zero attached hydrogens (tertiary/aromatic N) is 5. The van der Waals surface area contributed by atoms with Gasteiger partial charge < -0.3 is 10.2 Å². The number of ketones is 1. The van der Waals surface area contributed by atoms with Crippen molar-refractivity contribution in [3.8, 4) is 11.3 Å². The maximum atomic E-state index is 13.2. The van der Waals surface area contributed by atoms with Gasteiger partial charge in [-0.1, -0.05) is 48.5 Å². The summed E-state index contributed by atoms with van der Waals surface area (Å²) in [7, 11) is 0.149. The summed E-state index contributed by atoms with van der Waals surface area (Å²) >= 11 is 0. The fourth-order valence-electron chi connectivity index (χ4n) is 6.50. The van der Waals surface area contributed by atoms with Gasteiger partial charge in [0.25, 0.3) is 10.0 Å². The largest absolute Gasteiger partial charge is 0.350 e. The first-order valence-electron chi connectivity index (χ1n) is 16.9. The highest BCUT2D eigenvalue weighted by Crippen LogP contribution is 2.28. The van der Waals surface area contributed by atoms with E-state index in [0.29, 0.717) is 41.9 Å². The minimum Gasteiger partial charge on any atom is -0.350 e. The number of rotatable bonds is 13. The first-order chi connectivity index (χ1) is 24.1. The highest BCUT2D eigenvalue weighted by atomic mass is 32.2. The lowest BCUT2D eigenvalue weighted by molar-refractivity contribution is -0.120. The summed E-state index contributed by atoms with van der Waals surface area (Å²) < 4.78 is 27.6. The third kappa shape index (κ3) is 8.77. The van der Waals surface area contributed by atoms with Crippen LogP contribution in [0.2, 0.25) is 0 Å². The molecule has 1 aliphatic carbocycles. The van der Waals surface area contributed by atoms with Crippen LogP contribution in [0.25, 0.3) is 22.3 Å². The van der Waals surface area contributed by atoms with Crippen molar-refractivity contribution in [1.29, 1.82) is 0 Å². The number of aromatic nitrogens is 4. The molecular formula is C39H42N6O4S. The van der Waals surface area contributed by atoms with Gasteiger partial charge in [0.05, 0.1) is 10.6 Å². The third-order valence-electron chi connectivity index (χ3n) is 9.04. The van der Waals surface area contributed by atoms with E-state index in [-0.39, 0.29) is 22.6 Å². The standard InChI is InChI=1S/C39H42N6O4S/c1-44(2)18-7-12-38(47)43-33-15-13-28(14-16-33)22-35(46)23-30-9-6-8-29(20-30)21-34-25-37(42-27-41-34)32-24-31-17-19-45(39(31)40-26-32)50(48,49)36-10-4-3-5-11-36/h3-12,17,19-20,24-28,33H,13-16,18,21-23H2,1-2H3,(H,43,47)/b12-7+. The number of fused-ring (bicyclic) bond motifs is 1. The molecule has 0 aliphatic heterocycles. The fourth-order valence-corrected chi connectivity index (χ4v) is 7.83. The summed E-state index contributed by atoms with van der Waals surface area (Å²) in [5.74, 6) is 0.537. The van der Waals surface area contributed by atoms with E-state index in [1.54, 1.807) is 48.7 Å². The second-order valence-corrected chi connectivity index (χ2v) is 15.1. The Balaban J connectivity index is 1.04. The van der Waals surface area contributed by atoms with Gasteiger partial charge in [0.2, 0.25) is 5.91 Å². The number of Topliss-reactive ketones (excluding diaryl/α,β-unsaturated/α-hetero) is 1. The van der Waals surface area contributed by atoms with Crippen molar-refractivity contribution in [3.05, 3.63) is 120 Å². The Labute approximate surface area is 293 Å². The highest BCUT2D eigenvalue weighted by molar-refractivity contribution is 7.90. The minimum atomic E-state index is -3.78. The molecule has 1 N–H and O–H groups in total. The second kappa shape index (κ2) is 15.7. The molecule has 0 bridgehead atoms.